The number of thiazole rings is 1. The fourth-order valence-electron chi connectivity index (χ4n) is 2.21. The van der Waals surface area contributed by atoms with Crippen molar-refractivity contribution in [1.82, 2.24) is 4.98 Å². The number of nitrogens with one attached hydrogen (secondary N) is 2. The minimum Gasteiger partial charge on any atom is -0.495 e. The maximum atomic E-state index is 5.91. The van der Waals surface area contributed by atoms with Crippen LogP contribution in [0.2, 0.25) is 0 Å². The molecule has 0 aliphatic rings. The van der Waals surface area contributed by atoms with Gasteiger partial charge in [0, 0.05) is 6.54 Å². The molecule has 132 valence electrons. The van der Waals surface area contributed by atoms with Gasteiger partial charge in [0.1, 0.15) is 5.75 Å². The van der Waals surface area contributed by atoms with Gasteiger partial charge in [-0.2, -0.15) is 0 Å². The monoisotopic (exact) mass is 469 g/mol. The van der Waals surface area contributed by atoms with Gasteiger partial charge in [0.25, 0.3) is 0 Å². The number of halogens is 1. The summed E-state index contributed by atoms with van der Waals surface area (Å²) in [7, 11) is 1.62. The first-order valence-corrected chi connectivity index (χ1v) is 8.37. The van der Waals surface area contributed by atoms with Crippen LogP contribution in [0.25, 0.3) is 10.2 Å². The number of fused-ring (bicyclic) bond motifs is 1. The number of para-hydroxylation sites is 3. The standard InChI is InChI=1S/C17H19N5OS.HI/c1-23-14-8-4-2-6-12(14)21-16(18)19-10-11-20-17-22-13-7-3-5-9-15(13)24-17;/h2-9H,10-11H2,1H3,(H,20,22)(H3,18,19,21);1H. The summed E-state index contributed by atoms with van der Waals surface area (Å²) < 4.78 is 6.43. The van der Waals surface area contributed by atoms with Gasteiger partial charge in [-0.3, -0.25) is 4.99 Å². The Kier molecular flexibility index (Phi) is 7.26. The van der Waals surface area contributed by atoms with Gasteiger partial charge in [-0.25, -0.2) is 4.98 Å². The number of aliphatic imine (C=N–C) groups is 1. The van der Waals surface area contributed by atoms with E-state index in [-0.39, 0.29) is 24.0 Å². The Balaban J connectivity index is 0.00000225. The van der Waals surface area contributed by atoms with Gasteiger partial charge in [-0.15, -0.1) is 24.0 Å². The lowest BCUT2D eigenvalue weighted by molar-refractivity contribution is 0.417. The summed E-state index contributed by atoms with van der Waals surface area (Å²) in [5.41, 5.74) is 7.71. The molecule has 0 aliphatic heterocycles. The Labute approximate surface area is 167 Å². The molecule has 2 aromatic carbocycles. The topological polar surface area (TPSA) is 84.6 Å². The Morgan fingerprint density at radius 1 is 1.20 bits per heavy atom. The predicted octanol–water partition coefficient (Wildman–Crippen LogP) is 3.76. The zero-order valence-corrected chi connectivity index (χ0v) is 16.9. The third-order valence-electron chi connectivity index (χ3n) is 3.33. The molecule has 8 heteroatoms. The number of benzene rings is 2. The number of ether oxygens (including phenoxy) is 1. The van der Waals surface area contributed by atoms with Crippen molar-refractivity contribution in [2.75, 3.05) is 30.8 Å². The molecule has 3 aromatic rings. The summed E-state index contributed by atoms with van der Waals surface area (Å²) in [5.74, 6) is 1.08. The minimum atomic E-state index is 0. The number of nitrogens with zero attached hydrogens (tertiary/aromatic N) is 2. The molecular formula is C17H20IN5OS. The summed E-state index contributed by atoms with van der Waals surface area (Å²) in [6, 6.07) is 15.6. The van der Waals surface area contributed by atoms with Crippen molar-refractivity contribution in [2.24, 2.45) is 10.7 Å². The molecular weight excluding hydrogens is 449 g/mol. The van der Waals surface area contributed by atoms with E-state index in [0.29, 0.717) is 19.0 Å². The lowest BCUT2D eigenvalue weighted by Gasteiger charge is -2.10. The second kappa shape index (κ2) is 9.42. The van der Waals surface area contributed by atoms with Crippen molar-refractivity contribution in [2.45, 2.75) is 0 Å². The molecule has 0 spiro atoms. The lowest BCUT2D eigenvalue weighted by atomic mass is 10.3. The van der Waals surface area contributed by atoms with E-state index in [1.807, 2.05) is 42.5 Å². The molecule has 0 atom stereocenters. The van der Waals surface area contributed by atoms with E-state index in [4.69, 9.17) is 10.5 Å². The second-order valence-corrected chi connectivity index (χ2v) is 6.04. The Hall–Kier alpha value is -2.07. The number of anilines is 2. The SMILES string of the molecule is COc1ccccc1NC(N)=NCCNc1nc2ccccc2s1.I. The Morgan fingerprint density at radius 3 is 2.76 bits per heavy atom. The van der Waals surface area contributed by atoms with Crippen LogP contribution >= 0.6 is 35.3 Å². The van der Waals surface area contributed by atoms with Gasteiger partial charge < -0.3 is 21.1 Å². The molecule has 6 nitrogen and oxygen atoms in total. The number of nitrogens with two attached hydrogens (primary N) is 1. The average Bonchev–Trinajstić information content (AvgIpc) is 3.02. The number of hydrogen-bond donors (Lipinski definition) is 3. The maximum Gasteiger partial charge on any atom is 0.193 e. The highest BCUT2D eigenvalue weighted by atomic mass is 127. The van der Waals surface area contributed by atoms with Gasteiger partial charge in [0.15, 0.2) is 11.1 Å². The van der Waals surface area contributed by atoms with Gasteiger partial charge in [-0.05, 0) is 24.3 Å². The first kappa shape index (κ1) is 19.3. The first-order valence-electron chi connectivity index (χ1n) is 7.55. The third-order valence-corrected chi connectivity index (χ3v) is 4.33. The van der Waals surface area contributed by atoms with Crippen LogP contribution in [0.1, 0.15) is 0 Å². The van der Waals surface area contributed by atoms with Crippen molar-refractivity contribution >= 4 is 62.3 Å². The summed E-state index contributed by atoms with van der Waals surface area (Å²) in [4.78, 5) is 8.82. The van der Waals surface area contributed by atoms with Gasteiger partial charge in [0.05, 0.1) is 29.6 Å². The summed E-state index contributed by atoms with van der Waals surface area (Å²) in [6.45, 7) is 1.21. The second-order valence-electron chi connectivity index (χ2n) is 5.01. The molecule has 3 rings (SSSR count). The van der Waals surface area contributed by atoms with Gasteiger partial charge >= 0.3 is 0 Å². The highest BCUT2D eigenvalue weighted by Gasteiger charge is 2.03. The van der Waals surface area contributed by atoms with Gasteiger partial charge in [-0.1, -0.05) is 35.6 Å². The van der Waals surface area contributed by atoms with Crippen LogP contribution in [0.3, 0.4) is 0 Å². The van der Waals surface area contributed by atoms with Crippen LogP contribution in [-0.2, 0) is 0 Å². The molecule has 1 aromatic heterocycles. The smallest absolute Gasteiger partial charge is 0.193 e. The number of rotatable bonds is 6. The molecule has 0 saturated carbocycles. The molecule has 1 heterocycles. The molecule has 0 fully saturated rings. The Morgan fingerprint density at radius 2 is 1.96 bits per heavy atom. The van der Waals surface area contributed by atoms with E-state index < -0.39 is 0 Å². The normalized spacial score (nSPS) is 11.0. The van der Waals surface area contributed by atoms with Crippen LogP contribution in [0.4, 0.5) is 10.8 Å². The van der Waals surface area contributed by atoms with E-state index >= 15 is 0 Å². The number of aromatic nitrogens is 1. The van der Waals surface area contributed by atoms with E-state index in [2.05, 4.69) is 26.7 Å². The molecule has 0 bridgehead atoms. The molecule has 0 amide bonds. The molecule has 4 N–H and O–H groups in total. The fraction of sp³-hybridized carbons (Fsp3) is 0.176. The molecule has 0 unspecified atom stereocenters. The zero-order valence-electron chi connectivity index (χ0n) is 13.7. The lowest BCUT2D eigenvalue weighted by Crippen LogP contribution is -2.24. The van der Waals surface area contributed by atoms with Crippen molar-refractivity contribution in [1.29, 1.82) is 0 Å². The quantitative estimate of drug-likeness (QED) is 0.222. The summed E-state index contributed by atoms with van der Waals surface area (Å²) >= 11 is 1.63. The first-order chi connectivity index (χ1) is 11.8. The van der Waals surface area contributed by atoms with E-state index in [0.717, 1.165) is 22.1 Å². The molecule has 0 aliphatic carbocycles. The third kappa shape index (κ3) is 5.20. The number of guanidine groups is 1. The predicted molar refractivity (Wildman–Crippen MR) is 117 cm³/mol. The van der Waals surface area contributed by atoms with Crippen molar-refractivity contribution in [3.05, 3.63) is 48.5 Å². The maximum absolute atomic E-state index is 5.91. The van der Waals surface area contributed by atoms with Crippen LogP contribution in [0, 0.1) is 0 Å². The van der Waals surface area contributed by atoms with Crippen LogP contribution in [0.5, 0.6) is 5.75 Å². The van der Waals surface area contributed by atoms with E-state index in [1.165, 1.54) is 4.70 Å². The van der Waals surface area contributed by atoms with Crippen molar-refractivity contribution < 1.29 is 4.74 Å². The average molecular weight is 469 g/mol. The van der Waals surface area contributed by atoms with Crippen LogP contribution in [-0.4, -0.2) is 31.1 Å². The number of hydrogen-bond acceptors (Lipinski definition) is 5. The summed E-state index contributed by atoms with van der Waals surface area (Å²) in [5, 5.41) is 7.20. The zero-order chi connectivity index (χ0) is 16.8. The highest BCUT2D eigenvalue weighted by molar-refractivity contribution is 14.0. The van der Waals surface area contributed by atoms with E-state index in [1.54, 1.807) is 18.4 Å². The van der Waals surface area contributed by atoms with Gasteiger partial charge in [0.2, 0.25) is 0 Å². The minimum absolute atomic E-state index is 0. The van der Waals surface area contributed by atoms with Crippen molar-refractivity contribution in [3.8, 4) is 5.75 Å². The number of methoxy groups -OCH3 is 1. The molecule has 25 heavy (non-hydrogen) atoms. The summed E-state index contributed by atoms with van der Waals surface area (Å²) in [6.07, 6.45) is 0. The van der Waals surface area contributed by atoms with Crippen LogP contribution < -0.4 is 21.1 Å². The van der Waals surface area contributed by atoms with Crippen LogP contribution in [0.15, 0.2) is 53.5 Å². The fourth-order valence-corrected chi connectivity index (χ4v) is 3.10. The van der Waals surface area contributed by atoms with E-state index in [9.17, 15) is 0 Å². The Bertz CT molecular complexity index is 819. The largest absolute Gasteiger partial charge is 0.495 e. The molecule has 0 radical (unpaired) electrons. The van der Waals surface area contributed by atoms with Crippen molar-refractivity contribution in [3.63, 3.8) is 0 Å². The highest BCUT2D eigenvalue weighted by Crippen LogP contribution is 2.25. The molecule has 0 saturated heterocycles.